The Morgan fingerprint density at radius 2 is 2.00 bits per heavy atom. The normalized spacial score (nSPS) is 21.8. The molecule has 0 bridgehead atoms. The van der Waals surface area contributed by atoms with E-state index < -0.39 is 0 Å². The van der Waals surface area contributed by atoms with Crippen molar-refractivity contribution in [2.75, 3.05) is 6.54 Å². The summed E-state index contributed by atoms with van der Waals surface area (Å²) in [6.45, 7) is 1.07. The van der Waals surface area contributed by atoms with Crippen molar-refractivity contribution in [1.82, 2.24) is 5.32 Å². The number of rotatable bonds is 1. The van der Waals surface area contributed by atoms with E-state index in [0.717, 1.165) is 13.0 Å². The third-order valence-corrected chi connectivity index (χ3v) is 2.29. The van der Waals surface area contributed by atoms with E-state index in [1.165, 1.54) is 5.56 Å². The van der Waals surface area contributed by atoms with Crippen molar-refractivity contribution < 1.29 is 0 Å². The summed E-state index contributed by atoms with van der Waals surface area (Å²) in [6, 6.07) is 10.7. The third kappa shape index (κ3) is 1.50. The van der Waals surface area contributed by atoms with Crippen molar-refractivity contribution in [3.05, 3.63) is 48.2 Å². The molecule has 0 amide bonds. The fraction of sp³-hybridized carbons (Fsp3) is 0.273. The number of hydrogen-bond acceptors (Lipinski definition) is 1. The van der Waals surface area contributed by atoms with Crippen molar-refractivity contribution in [3.8, 4) is 0 Å². The Morgan fingerprint density at radius 3 is 2.67 bits per heavy atom. The van der Waals surface area contributed by atoms with Crippen molar-refractivity contribution in [2.24, 2.45) is 0 Å². The minimum absolute atomic E-state index is 0.663. The van der Waals surface area contributed by atoms with Crippen molar-refractivity contribution in [1.29, 1.82) is 0 Å². The molecule has 1 aliphatic heterocycles. The van der Waals surface area contributed by atoms with Crippen LogP contribution in [0, 0.1) is 0 Å². The molecule has 0 aliphatic carbocycles. The van der Waals surface area contributed by atoms with Crippen LogP contribution in [0.25, 0.3) is 0 Å². The van der Waals surface area contributed by atoms with Gasteiger partial charge in [0, 0.05) is 12.5 Å². The smallest absolute Gasteiger partial charge is 0.0213 e. The van der Waals surface area contributed by atoms with Crippen molar-refractivity contribution >= 4 is 0 Å². The van der Waals surface area contributed by atoms with Gasteiger partial charge in [0.1, 0.15) is 0 Å². The summed E-state index contributed by atoms with van der Waals surface area (Å²) < 4.78 is 0. The molecule has 1 atom stereocenters. The summed E-state index contributed by atoms with van der Waals surface area (Å²) in [6.07, 6.45) is 5.40. The first-order valence-electron chi connectivity index (χ1n) is 4.40. The van der Waals surface area contributed by atoms with Gasteiger partial charge in [-0.05, 0) is 18.2 Å². The quantitative estimate of drug-likeness (QED) is 0.663. The summed E-state index contributed by atoms with van der Waals surface area (Å²) in [5, 5.41) is 3.25. The molecule has 1 aliphatic rings. The minimum atomic E-state index is 0.663. The van der Waals surface area contributed by atoms with Gasteiger partial charge >= 0.3 is 0 Å². The Morgan fingerprint density at radius 1 is 1.17 bits per heavy atom. The van der Waals surface area contributed by atoms with Crippen LogP contribution >= 0.6 is 0 Å². The van der Waals surface area contributed by atoms with Crippen LogP contribution in [0.2, 0.25) is 0 Å². The average Bonchev–Trinajstić information content (AvgIpc) is 2.21. The van der Waals surface area contributed by atoms with Crippen LogP contribution in [0.3, 0.4) is 0 Å². The van der Waals surface area contributed by atoms with Crippen LogP contribution in [0.15, 0.2) is 42.6 Å². The highest BCUT2D eigenvalue weighted by Crippen LogP contribution is 2.20. The lowest BCUT2D eigenvalue weighted by Gasteiger charge is -2.19. The second kappa shape index (κ2) is 3.44. The van der Waals surface area contributed by atoms with E-state index in [0.29, 0.717) is 5.92 Å². The highest BCUT2D eigenvalue weighted by atomic mass is 14.8. The molecule has 0 saturated heterocycles. The predicted octanol–water partition coefficient (Wildman–Crippen LogP) is 2.28. The van der Waals surface area contributed by atoms with Gasteiger partial charge in [0.05, 0.1) is 0 Å². The third-order valence-electron chi connectivity index (χ3n) is 2.29. The second-order valence-corrected chi connectivity index (χ2v) is 3.15. The average molecular weight is 159 g/mol. The summed E-state index contributed by atoms with van der Waals surface area (Å²) in [5.41, 5.74) is 1.44. The number of nitrogens with one attached hydrogen (secondary N) is 1. The predicted molar refractivity (Wildman–Crippen MR) is 50.9 cm³/mol. The molecule has 1 aromatic carbocycles. The molecule has 12 heavy (non-hydrogen) atoms. The zero-order valence-electron chi connectivity index (χ0n) is 7.03. The summed E-state index contributed by atoms with van der Waals surface area (Å²) in [7, 11) is 0. The molecule has 1 aromatic rings. The van der Waals surface area contributed by atoms with Gasteiger partial charge in [-0.2, -0.15) is 0 Å². The standard InChI is InChI=1S/C11H13N/c1-2-5-10(6-3-1)11-7-4-8-12-9-11/h1-6,8,11-12H,7,9H2. The molecule has 0 fully saturated rings. The van der Waals surface area contributed by atoms with Crippen molar-refractivity contribution in [3.63, 3.8) is 0 Å². The summed E-state index contributed by atoms with van der Waals surface area (Å²) in [4.78, 5) is 0. The van der Waals surface area contributed by atoms with Gasteiger partial charge in [0.2, 0.25) is 0 Å². The Balaban J connectivity index is 2.15. The van der Waals surface area contributed by atoms with Crippen LogP contribution in [0.4, 0.5) is 0 Å². The lowest BCUT2D eigenvalue weighted by molar-refractivity contribution is 0.625. The molecule has 1 nitrogen and oxygen atoms in total. The van der Waals surface area contributed by atoms with Gasteiger partial charge in [0.15, 0.2) is 0 Å². The summed E-state index contributed by atoms with van der Waals surface area (Å²) in [5.74, 6) is 0.663. The molecule has 0 radical (unpaired) electrons. The van der Waals surface area contributed by atoms with Crippen LogP contribution < -0.4 is 5.32 Å². The molecule has 1 heteroatoms. The SMILES string of the molecule is C1=CNCC(c2ccccc2)C1. The van der Waals surface area contributed by atoms with Gasteiger partial charge in [-0.25, -0.2) is 0 Å². The van der Waals surface area contributed by atoms with Crippen molar-refractivity contribution in [2.45, 2.75) is 12.3 Å². The maximum Gasteiger partial charge on any atom is 0.0213 e. The largest absolute Gasteiger partial charge is 0.391 e. The van der Waals surface area contributed by atoms with E-state index in [-0.39, 0.29) is 0 Å². The zero-order chi connectivity index (χ0) is 8.23. The van der Waals surface area contributed by atoms with E-state index >= 15 is 0 Å². The lowest BCUT2D eigenvalue weighted by atomic mass is 9.94. The van der Waals surface area contributed by atoms with E-state index in [2.05, 4.69) is 41.7 Å². The van der Waals surface area contributed by atoms with E-state index in [9.17, 15) is 0 Å². The number of hydrogen-bond donors (Lipinski definition) is 1. The van der Waals surface area contributed by atoms with E-state index in [1.807, 2.05) is 6.20 Å². The van der Waals surface area contributed by atoms with Crippen LogP contribution in [-0.2, 0) is 0 Å². The Bertz CT molecular complexity index is 264. The van der Waals surface area contributed by atoms with Crippen LogP contribution in [-0.4, -0.2) is 6.54 Å². The molecule has 0 aromatic heterocycles. The molecule has 1 heterocycles. The second-order valence-electron chi connectivity index (χ2n) is 3.15. The fourth-order valence-electron chi connectivity index (χ4n) is 1.59. The molecule has 0 saturated carbocycles. The topological polar surface area (TPSA) is 12.0 Å². The molecular formula is C11H13N. The fourth-order valence-corrected chi connectivity index (χ4v) is 1.59. The molecule has 1 unspecified atom stereocenters. The summed E-state index contributed by atoms with van der Waals surface area (Å²) >= 11 is 0. The minimum Gasteiger partial charge on any atom is -0.391 e. The molecule has 2 rings (SSSR count). The molecule has 62 valence electrons. The maximum absolute atomic E-state index is 3.25. The van der Waals surface area contributed by atoms with Crippen LogP contribution in [0.5, 0.6) is 0 Å². The Labute approximate surface area is 73.1 Å². The van der Waals surface area contributed by atoms with Gasteiger partial charge in [-0.15, -0.1) is 0 Å². The first-order chi connectivity index (χ1) is 5.97. The number of benzene rings is 1. The first-order valence-corrected chi connectivity index (χ1v) is 4.40. The Kier molecular flexibility index (Phi) is 2.12. The number of allylic oxidation sites excluding steroid dienone is 1. The lowest BCUT2D eigenvalue weighted by Crippen LogP contribution is -2.19. The maximum atomic E-state index is 3.25. The zero-order valence-corrected chi connectivity index (χ0v) is 7.03. The highest BCUT2D eigenvalue weighted by Gasteiger charge is 2.10. The van der Waals surface area contributed by atoms with Gasteiger partial charge in [-0.1, -0.05) is 36.4 Å². The van der Waals surface area contributed by atoms with Gasteiger partial charge in [0.25, 0.3) is 0 Å². The first kappa shape index (κ1) is 7.41. The molecule has 0 spiro atoms. The Hall–Kier alpha value is -1.24. The molecule has 1 N–H and O–H groups in total. The van der Waals surface area contributed by atoms with E-state index in [4.69, 9.17) is 0 Å². The van der Waals surface area contributed by atoms with Gasteiger partial charge < -0.3 is 5.32 Å². The highest BCUT2D eigenvalue weighted by molar-refractivity contribution is 5.21. The van der Waals surface area contributed by atoms with E-state index in [1.54, 1.807) is 0 Å². The van der Waals surface area contributed by atoms with Crippen LogP contribution in [0.1, 0.15) is 17.9 Å². The van der Waals surface area contributed by atoms with Gasteiger partial charge in [-0.3, -0.25) is 0 Å². The monoisotopic (exact) mass is 159 g/mol. The molecular weight excluding hydrogens is 146 g/mol.